The number of carbonyl (C=O) groups excluding carboxylic acids is 1. The molecule has 1 aliphatic rings. The van der Waals surface area contributed by atoms with Crippen LogP contribution in [0, 0.1) is 13.8 Å². The number of aryl methyl sites for hydroxylation is 2. The Bertz CT molecular complexity index is 665. The summed E-state index contributed by atoms with van der Waals surface area (Å²) < 4.78 is 22.3. The molecule has 5 heteroatoms. The van der Waals surface area contributed by atoms with Crippen molar-refractivity contribution in [3.8, 4) is 11.3 Å². The molecule has 1 fully saturated rings. The largest absolute Gasteiger partial charge is 0.329 e. The number of anilines is 1. The van der Waals surface area contributed by atoms with Crippen LogP contribution in [-0.4, -0.2) is 17.3 Å². The number of alkyl halides is 2. The summed E-state index contributed by atoms with van der Waals surface area (Å²) in [5.41, 5.74) is 5.06. The van der Waals surface area contributed by atoms with Gasteiger partial charge in [-0.3, -0.25) is 9.78 Å². The van der Waals surface area contributed by atoms with Crippen LogP contribution in [0.15, 0.2) is 36.5 Å². The summed E-state index contributed by atoms with van der Waals surface area (Å²) in [5, 5.41) is 2.66. The Kier molecular flexibility index (Phi) is 4.85. The van der Waals surface area contributed by atoms with Gasteiger partial charge >= 0.3 is 0 Å². The van der Waals surface area contributed by atoms with Gasteiger partial charge in [0.25, 0.3) is 0 Å². The molecule has 1 aromatic carbocycles. The zero-order valence-electron chi connectivity index (χ0n) is 12.6. The van der Waals surface area contributed by atoms with Crippen LogP contribution >= 0.6 is 0 Å². The second kappa shape index (κ2) is 6.64. The highest BCUT2D eigenvalue weighted by Gasteiger charge is 2.43. The molecule has 1 aromatic heterocycles. The molecule has 1 N–H and O–H groups in total. The molecule has 0 spiro atoms. The molecule has 1 amide bonds. The number of carbonyl (C=O) groups is 1. The molecule has 0 aliphatic heterocycles. The van der Waals surface area contributed by atoms with E-state index >= 15 is 0 Å². The van der Waals surface area contributed by atoms with Crippen LogP contribution in [-0.2, 0) is 4.79 Å². The van der Waals surface area contributed by atoms with Crippen molar-refractivity contribution in [2.45, 2.75) is 32.6 Å². The Hall–Kier alpha value is -2.30. The monoisotopic (exact) mass is 304 g/mol. The van der Waals surface area contributed by atoms with Crippen LogP contribution in [0.4, 0.5) is 14.5 Å². The predicted octanol–water partition coefficient (Wildman–Crippen LogP) is 4.35. The summed E-state index contributed by atoms with van der Waals surface area (Å²) in [5.74, 6) is -2.25. The molecular formula is C17H18F2N2O. The first-order chi connectivity index (χ1) is 10.4. The fourth-order valence-corrected chi connectivity index (χ4v) is 1.90. The fourth-order valence-electron chi connectivity index (χ4n) is 1.90. The average molecular weight is 304 g/mol. The second-order valence-electron chi connectivity index (χ2n) is 5.32. The Morgan fingerprint density at radius 3 is 2.41 bits per heavy atom. The minimum Gasteiger partial charge on any atom is -0.329 e. The third-order valence-electron chi connectivity index (χ3n) is 3.36. The number of rotatable bonds is 3. The fraction of sp³-hybridized carbons (Fsp3) is 0.294. The summed E-state index contributed by atoms with van der Waals surface area (Å²) in [6, 6.07) is 9.75. The van der Waals surface area contributed by atoms with E-state index in [2.05, 4.69) is 10.3 Å². The zero-order valence-corrected chi connectivity index (χ0v) is 12.6. The van der Waals surface area contributed by atoms with Crippen LogP contribution in [0.3, 0.4) is 0 Å². The van der Waals surface area contributed by atoms with Gasteiger partial charge in [-0.2, -0.15) is 0 Å². The van der Waals surface area contributed by atoms with Gasteiger partial charge in [-0.1, -0.05) is 12.1 Å². The van der Waals surface area contributed by atoms with Crippen molar-refractivity contribution in [1.82, 2.24) is 4.98 Å². The molecule has 1 heterocycles. The van der Waals surface area contributed by atoms with Crippen LogP contribution in [0.25, 0.3) is 11.3 Å². The molecule has 1 saturated carbocycles. The van der Waals surface area contributed by atoms with E-state index in [9.17, 15) is 13.6 Å². The van der Waals surface area contributed by atoms with Gasteiger partial charge in [0, 0.05) is 30.3 Å². The van der Waals surface area contributed by atoms with E-state index in [0.717, 1.165) is 28.1 Å². The molecule has 3 rings (SSSR count). The van der Waals surface area contributed by atoms with Crippen LogP contribution in [0.5, 0.6) is 0 Å². The number of pyridine rings is 1. The number of nitrogens with zero attached hydrogens (tertiary/aromatic N) is 1. The maximum Gasteiger partial charge on any atom is 0.248 e. The van der Waals surface area contributed by atoms with E-state index in [1.807, 2.05) is 44.2 Å². The molecule has 0 radical (unpaired) electrons. The third kappa shape index (κ3) is 4.35. The Balaban J connectivity index is 0.000000299. The second-order valence-corrected chi connectivity index (χ2v) is 5.32. The van der Waals surface area contributed by atoms with E-state index in [1.54, 1.807) is 6.20 Å². The summed E-state index contributed by atoms with van der Waals surface area (Å²) in [7, 11) is 0. The molecule has 0 saturated heterocycles. The van der Waals surface area contributed by atoms with Gasteiger partial charge in [0.2, 0.25) is 12.3 Å². The van der Waals surface area contributed by atoms with Crippen molar-refractivity contribution in [2.75, 3.05) is 5.32 Å². The summed E-state index contributed by atoms with van der Waals surface area (Å²) in [6.07, 6.45) is 2.70. The topological polar surface area (TPSA) is 42.0 Å². The maximum atomic E-state index is 11.1. The predicted molar refractivity (Wildman–Crippen MR) is 83.0 cm³/mol. The third-order valence-corrected chi connectivity index (χ3v) is 3.36. The highest BCUT2D eigenvalue weighted by Crippen LogP contribution is 2.40. The zero-order chi connectivity index (χ0) is 16.2. The minimum atomic E-state index is -2.25. The van der Waals surface area contributed by atoms with Gasteiger partial charge in [0.15, 0.2) is 0 Å². The van der Waals surface area contributed by atoms with Gasteiger partial charge in [0.05, 0.1) is 5.69 Å². The van der Waals surface area contributed by atoms with Crippen molar-refractivity contribution < 1.29 is 13.6 Å². The van der Waals surface area contributed by atoms with E-state index < -0.39 is 5.92 Å². The molecule has 1 aliphatic carbocycles. The molecule has 22 heavy (non-hydrogen) atoms. The van der Waals surface area contributed by atoms with Crippen molar-refractivity contribution in [1.29, 1.82) is 0 Å². The van der Waals surface area contributed by atoms with Gasteiger partial charge in [0.1, 0.15) is 0 Å². The molecular weight excluding hydrogens is 286 g/mol. The lowest BCUT2D eigenvalue weighted by Gasteiger charge is -2.09. The molecule has 0 unspecified atom stereocenters. The van der Waals surface area contributed by atoms with E-state index in [1.165, 1.54) is 0 Å². The van der Waals surface area contributed by atoms with Crippen LogP contribution < -0.4 is 5.32 Å². The number of halogens is 2. The van der Waals surface area contributed by atoms with Gasteiger partial charge in [-0.05, 0) is 43.2 Å². The Morgan fingerprint density at radius 1 is 1.18 bits per heavy atom. The molecule has 3 nitrogen and oxygen atoms in total. The highest BCUT2D eigenvalue weighted by molar-refractivity contribution is 5.77. The first kappa shape index (κ1) is 16.1. The Morgan fingerprint density at radius 2 is 1.86 bits per heavy atom. The quantitative estimate of drug-likeness (QED) is 0.857. The molecule has 116 valence electrons. The normalized spacial score (nSPS) is 14.5. The van der Waals surface area contributed by atoms with E-state index in [0.29, 0.717) is 6.41 Å². The van der Waals surface area contributed by atoms with E-state index in [-0.39, 0.29) is 12.8 Å². The smallest absolute Gasteiger partial charge is 0.248 e. The van der Waals surface area contributed by atoms with Crippen molar-refractivity contribution in [3.63, 3.8) is 0 Å². The van der Waals surface area contributed by atoms with Gasteiger partial charge in [-0.25, -0.2) is 8.78 Å². The summed E-state index contributed by atoms with van der Waals surface area (Å²) in [4.78, 5) is 14.8. The minimum absolute atomic E-state index is 0.118. The molecule has 0 bridgehead atoms. The van der Waals surface area contributed by atoms with Gasteiger partial charge < -0.3 is 5.32 Å². The SMILES string of the molecule is Cc1ccc(NC=O)cc1-c1ncccc1C.FC1(F)CC1. The molecule has 0 atom stereocenters. The lowest BCUT2D eigenvalue weighted by Crippen LogP contribution is -1.96. The van der Waals surface area contributed by atoms with Crippen LogP contribution in [0.2, 0.25) is 0 Å². The van der Waals surface area contributed by atoms with Crippen molar-refractivity contribution in [2.24, 2.45) is 0 Å². The first-order valence-electron chi connectivity index (χ1n) is 7.03. The maximum absolute atomic E-state index is 11.1. The number of amides is 1. The summed E-state index contributed by atoms with van der Waals surface area (Å²) in [6.45, 7) is 4.07. The lowest BCUT2D eigenvalue weighted by molar-refractivity contribution is -0.105. The Labute approximate surface area is 128 Å². The highest BCUT2D eigenvalue weighted by atomic mass is 19.3. The van der Waals surface area contributed by atoms with Crippen molar-refractivity contribution >= 4 is 12.1 Å². The van der Waals surface area contributed by atoms with Crippen molar-refractivity contribution in [3.05, 3.63) is 47.7 Å². The van der Waals surface area contributed by atoms with E-state index in [4.69, 9.17) is 0 Å². The number of hydrogen-bond donors (Lipinski definition) is 1. The first-order valence-corrected chi connectivity index (χ1v) is 7.03. The molecule has 2 aromatic rings. The number of hydrogen-bond acceptors (Lipinski definition) is 2. The number of benzene rings is 1. The number of aromatic nitrogens is 1. The standard InChI is InChI=1S/C14H14N2O.C3H4F2/c1-10-5-6-12(16-9-17)8-13(10)14-11(2)4-3-7-15-14;4-3(5)1-2-3/h3-9H,1-2H3,(H,16,17);1-2H2. The summed E-state index contributed by atoms with van der Waals surface area (Å²) >= 11 is 0. The van der Waals surface area contributed by atoms with Gasteiger partial charge in [-0.15, -0.1) is 0 Å². The average Bonchev–Trinajstić information content (AvgIpc) is 3.18. The lowest BCUT2D eigenvalue weighted by atomic mass is 10.0. The van der Waals surface area contributed by atoms with Crippen LogP contribution in [0.1, 0.15) is 24.0 Å². The number of nitrogens with one attached hydrogen (secondary N) is 1.